The first-order chi connectivity index (χ1) is 12.9. The molecule has 3 rings (SSSR count). The second-order valence-electron chi connectivity index (χ2n) is 5.82. The summed E-state index contributed by atoms with van der Waals surface area (Å²) < 4.78 is 5.73. The van der Waals surface area contributed by atoms with Gasteiger partial charge in [-0.15, -0.1) is 0 Å². The Bertz CT molecular complexity index is 865. The van der Waals surface area contributed by atoms with Gasteiger partial charge in [-0.3, -0.25) is 0 Å². The van der Waals surface area contributed by atoms with Crippen LogP contribution in [0.5, 0.6) is 5.75 Å². The van der Waals surface area contributed by atoms with E-state index in [1.54, 1.807) is 0 Å². The quantitative estimate of drug-likeness (QED) is 0.583. The van der Waals surface area contributed by atoms with Gasteiger partial charge in [-0.2, -0.15) is 0 Å². The Morgan fingerprint density at radius 2 is 1.27 bits per heavy atom. The van der Waals surface area contributed by atoms with Gasteiger partial charge in [-0.1, -0.05) is 97.1 Å². The van der Waals surface area contributed by atoms with Crippen LogP contribution in [0.2, 0.25) is 0 Å². The molecule has 2 heteroatoms. The van der Waals surface area contributed by atoms with Crippen molar-refractivity contribution in [1.82, 2.24) is 0 Å². The van der Waals surface area contributed by atoms with Crippen LogP contribution in [0.3, 0.4) is 0 Å². The number of hydrogen-bond donors (Lipinski definition) is 1. The second kappa shape index (κ2) is 9.40. The van der Waals surface area contributed by atoms with Crippen LogP contribution in [0.1, 0.15) is 22.3 Å². The van der Waals surface area contributed by atoms with Crippen molar-refractivity contribution in [1.29, 1.82) is 0 Å². The van der Waals surface area contributed by atoms with Gasteiger partial charge in [-0.05, 0) is 22.8 Å². The van der Waals surface area contributed by atoms with Gasteiger partial charge >= 0.3 is 0 Å². The minimum absolute atomic E-state index is 0.00801. The second-order valence-corrected chi connectivity index (χ2v) is 5.82. The van der Waals surface area contributed by atoms with E-state index in [9.17, 15) is 0 Å². The molecule has 0 aliphatic carbocycles. The molecule has 0 aliphatic rings. The number of aliphatic hydroxyl groups excluding tert-OH is 1. The van der Waals surface area contributed by atoms with E-state index in [0.717, 1.165) is 28.0 Å². The molecule has 2 nitrogen and oxygen atoms in total. The van der Waals surface area contributed by atoms with Gasteiger partial charge in [0.15, 0.2) is 0 Å². The van der Waals surface area contributed by atoms with Crippen LogP contribution in [0.15, 0.2) is 78.9 Å². The van der Waals surface area contributed by atoms with Crippen molar-refractivity contribution in [3.63, 3.8) is 0 Å². The largest absolute Gasteiger partial charge is 0.491 e. The van der Waals surface area contributed by atoms with Crippen molar-refractivity contribution >= 4 is 24.3 Å². The van der Waals surface area contributed by atoms with Crippen LogP contribution in [0.25, 0.3) is 24.3 Å². The lowest BCUT2D eigenvalue weighted by molar-refractivity contribution is 0.201. The van der Waals surface area contributed by atoms with Gasteiger partial charge in [0.1, 0.15) is 12.4 Å². The monoisotopic (exact) mass is 342 g/mol. The molecule has 0 fully saturated rings. The summed E-state index contributed by atoms with van der Waals surface area (Å²) in [5, 5.41) is 9.09. The van der Waals surface area contributed by atoms with Crippen molar-refractivity contribution in [3.05, 3.63) is 101 Å². The predicted octanol–water partition coefficient (Wildman–Crippen LogP) is 5.40. The molecule has 0 saturated heterocycles. The molecular weight excluding hydrogens is 320 g/mol. The number of benzene rings is 3. The fraction of sp³-hybridized carbons (Fsp3) is 0.0833. The maximum absolute atomic E-state index is 9.09. The first-order valence-corrected chi connectivity index (χ1v) is 8.70. The standard InChI is InChI=1S/C24H22O2/c25-18-19-26-24-13-7-12-22(16-14-20-8-3-1-4-9-20)23(24)17-15-21-10-5-2-6-11-21/h1-17,25H,18-19H2. The zero-order valence-electron chi connectivity index (χ0n) is 14.6. The van der Waals surface area contributed by atoms with Crippen LogP contribution in [-0.2, 0) is 0 Å². The number of hydrogen-bond acceptors (Lipinski definition) is 2. The SMILES string of the molecule is OCCOc1cccc(C=Cc2ccccc2)c1C=Cc1ccccc1. The average Bonchev–Trinajstić information content (AvgIpc) is 2.71. The summed E-state index contributed by atoms with van der Waals surface area (Å²) in [6, 6.07) is 26.3. The molecule has 26 heavy (non-hydrogen) atoms. The molecule has 0 saturated carbocycles. The Morgan fingerprint density at radius 1 is 0.654 bits per heavy atom. The first kappa shape index (κ1) is 17.7. The van der Waals surface area contributed by atoms with Crippen LogP contribution in [0.4, 0.5) is 0 Å². The Labute approximate surface area is 154 Å². The molecule has 0 atom stereocenters. The number of ether oxygens (including phenoxy) is 1. The molecule has 3 aromatic rings. The zero-order valence-corrected chi connectivity index (χ0v) is 14.6. The van der Waals surface area contributed by atoms with E-state index < -0.39 is 0 Å². The van der Waals surface area contributed by atoms with Crippen LogP contribution in [-0.4, -0.2) is 18.3 Å². The lowest BCUT2D eigenvalue weighted by Gasteiger charge is -2.11. The summed E-state index contributed by atoms with van der Waals surface area (Å²) in [6.45, 7) is 0.268. The van der Waals surface area contributed by atoms with Gasteiger partial charge in [0.2, 0.25) is 0 Å². The van der Waals surface area contributed by atoms with Gasteiger partial charge in [0.05, 0.1) is 6.61 Å². The van der Waals surface area contributed by atoms with Gasteiger partial charge in [0.25, 0.3) is 0 Å². The Hall–Kier alpha value is -3.10. The van der Waals surface area contributed by atoms with Crippen molar-refractivity contribution < 1.29 is 9.84 Å². The molecule has 0 bridgehead atoms. The van der Waals surface area contributed by atoms with E-state index in [1.165, 1.54) is 0 Å². The third-order valence-corrected chi connectivity index (χ3v) is 3.95. The van der Waals surface area contributed by atoms with E-state index >= 15 is 0 Å². The smallest absolute Gasteiger partial charge is 0.127 e. The van der Waals surface area contributed by atoms with Crippen molar-refractivity contribution in [2.75, 3.05) is 13.2 Å². The highest BCUT2D eigenvalue weighted by Crippen LogP contribution is 2.27. The van der Waals surface area contributed by atoms with E-state index in [-0.39, 0.29) is 13.2 Å². The molecule has 1 N–H and O–H groups in total. The predicted molar refractivity (Wildman–Crippen MR) is 110 cm³/mol. The molecular formula is C24H22O2. The highest BCUT2D eigenvalue weighted by Gasteiger charge is 2.05. The summed E-state index contributed by atoms with van der Waals surface area (Å²) in [7, 11) is 0. The Kier molecular flexibility index (Phi) is 6.40. The molecule has 3 aromatic carbocycles. The summed E-state index contributed by atoms with van der Waals surface area (Å²) in [6.07, 6.45) is 8.31. The first-order valence-electron chi connectivity index (χ1n) is 8.70. The van der Waals surface area contributed by atoms with Crippen molar-refractivity contribution in [2.45, 2.75) is 0 Å². The molecule has 0 heterocycles. The fourth-order valence-corrected chi connectivity index (χ4v) is 2.66. The molecule has 0 aromatic heterocycles. The van der Waals surface area contributed by atoms with E-state index in [2.05, 4.69) is 54.6 Å². The normalized spacial score (nSPS) is 11.3. The van der Waals surface area contributed by atoms with Crippen LogP contribution in [0, 0.1) is 0 Å². The number of aliphatic hydroxyl groups is 1. The third kappa shape index (κ3) is 4.95. The lowest BCUT2D eigenvalue weighted by atomic mass is 10.0. The van der Waals surface area contributed by atoms with Crippen LogP contribution >= 0.6 is 0 Å². The molecule has 0 unspecified atom stereocenters. The minimum atomic E-state index is -0.00801. The third-order valence-electron chi connectivity index (χ3n) is 3.95. The van der Waals surface area contributed by atoms with Crippen LogP contribution < -0.4 is 4.74 Å². The Balaban J connectivity index is 1.94. The van der Waals surface area contributed by atoms with Gasteiger partial charge < -0.3 is 9.84 Å². The average molecular weight is 342 g/mol. The maximum atomic E-state index is 9.09. The van der Waals surface area contributed by atoms with E-state index in [1.807, 2.05) is 48.5 Å². The molecule has 0 amide bonds. The van der Waals surface area contributed by atoms with E-state index in [0.29, 0.717) is 0 Å². The summed E-state index contributed by atoms with van der Waals surface area (Å²) >= 11 is 0. The molecule has 130 valence electrons. The molecule has 0 radical (unpaired) electrons. The summed E-state index contributed by atoms with van der Waals surface area (Å²) in [5.41, 5.74) is 4.34. The number of rotatable bonds is 7. The summed E-state index contributed by atoms with van der Waals surface area (Å²) in [5.74, 6) is 0.765. The molecule has 0 aliphatic heterocycles. The Morgan fingerprint density at radius 3 is 1.88 bits per heavy atom. The summed E-state index contributed by atoms with van der Waals surface area (Å²) in [4.78, 5) is 0. The van der Waals surface area contributed by atoms with Crippen molar-refractivity contribution in [3.8, 4) is 5.75 Å². The van der Waals surface area contributed by atoms with E-state index in [4.69, 9.17) is 9.84 Å². The lowest BCUT2D eigenvalue weighted by Crippen LogP contribution is -2.03. The minimum Gasteiger partial charge on any atom is -0.491 e. The maximum Gasteiger partial charge on any atom is 0.127 e. The highest BCUT2D eigenvalue weighted by atomic mass is 16.5. The van der Waals surface area contributed by atoms with Crippen molar-refractivity contribution in [2.24, 2.45) is 0 Å². The molecule has 0 spiro atoms. The highest BCUT2D eigenvalue weighted by molar-refractivity contribution is 5.82. The fourth-order valence-electron chi connectivity index (χ4n) is 2.66. The zero-order chi connectivity index (χ0) is 18.0. The topological polar surface area (TPSA) is 29.5 Å². The van der Waals surface area contributed by atoms with Gasteiger partial charge in [0, 0.05) is 5.56 Å². The van der Waals surface area contributed by atoms with Gasteiger partial charge in [-0.25, -0.2) is 0 Å².